The fraction of sp³-hybridized carbons (Fsp3) is 0.533. The molecule has 112 valence electrons. The number of ether oxygens (including phenoxy) is 1. The average molecular weight is 299 g/mol. The number of amides is 1. The topological polar surface area (TPSA) is 50.4 Å². The molecule has 1 aliphatic heterocycles. The molecule has 1 heterocycles. The maximum absolute atomic E-state index is 12.1. The summed E-state index contributed by atoms with van der Waals surface area (Å²) in [5.41, 5.74) is 1.90. The van der Waals surface area contributed by atoms with Gasteiger partial charge < -0.3 is 15.4 Å². The largest absolute Gasteiger partial charge is 0.377 e. The fourth-order valence-electron chi connectivity index (χ4n) is 2.31. The van der Waals surface area contributed by atoms with Gasteiger partial charge in [0, 0.05) is 12.8 Å². The summed E-state index contributed by atoms with van der Waals surface area (Å²) in [6.07, 6.45) is 3.22. The fourth-order valence-corrected chi connectivity index (χ4v) is 2.31. The zero-order chi connectivity index (χ0) is 13.7. The van der Waals surface area contributed by atoms with Gasteiger partial charge in [-0.2, -0.15) is 0 Å². The highest BCUT2D eigenvalue weighted by Gasteiger charge is 2.20. The van der Waals surface area contributed by atoms with E-state index in [1.165, 1.54) is 0 Å². The third-order valence-corrected chi connectivity index (χ3v) is 3.60. The maximum Gasteiger partial charge on any atom is 0.241 e. The van der Waals surface area contributed by atoms with Crippen molar-refractivity contribution in [3.8, 4) is 0 Å². The zero-order valence-corrected chi connectivity index (χ0v) is 12.8. The number of rotatable bonds is 4. The molecule has 4 nitrogen and oxygen atoms in total. The van der Waals surface area contributed by atoms with E-state index in [1.807, 2.05) is 31.2 Å². The molecular weight excluding hydrogens is 276 g/mol. The van der Waals surface area contributed by atoms with Gasteiger partial charge >= 0.3 is 0 Å². The van der Waals surface area contributed by atoms with Crippen LogP contribution in [0.4, 0.5) is 5.69 Å². The van der Waals surface area contributed by atoms with E-state index in [-0.39, 0.29) is 30.5 Å². The van der Waals surface area contributed by atoms with Crippen LogP contribution in [-0.2, 0) is 9.53 Å². The lowest BCUT2D eigenvalue weighted by atomic mass is 10.0. The second-order valence-electron chi connectivity index (χ2n) is 5.00. The van der Waals surface area contributed by atoms with Gasteiger partial charge in [-0.3, -0.25) is 4.79 Å². The first-order valence-corrected chi connectivity index (χ1v) is 6.87. The second-order valence-corrected chi connectivity index (χ2v) is 5.00. The Hall–Kier alpha value is -1.10. The molecule has 5 heteroatoms. The number of anilines is 1. The number of carbonyl (C=O) groups excluding carboxylic acids is 1. The summed E-state index contributed by atoms with van der Waals surface area (Å²) in [6, 6.07) is 7.76. The molecule has 1 amide bonds. The summed E-state index contributed by atoms with van der Waals surface area (Å²) >= 11 is 0. The standard InChI is InChI=1S/C15H22N2O2.ClH/c1-11(19-2)12-6-5-7-13(10-12)17-15(18)14-8-3-4-9-16-14;/h5-7,10-11,14,16H,3-4,8-9H2,1-2H3,(H,17,18);1H. The van der Waals surface area contributed by atoms with Crippen molar-refractivity contribution in [3.05, 3.63) is 29.8 Å². The van der Waals surface area contributed by atoms with E-state index < -0.39 is 0 Å². The Kier molecular flexibility index (Phi) is 6.99. The van der Waals surface area contributed by atoms with E-state index in [9.17, 15) is 4.79 Å². The van der Waals surface area contributed by atoms with Crippen LogP contribution < -0.4 is 10.6 Å². The quantitative estimate of drug-likeness (QED) is 0.898. The number of hydrogen-bond acceptors (Lipinski definition) is 3. The van der Waals surface area contributed by atoms with E-state index in [0.717, 1.165) is 37.1 Å². The Morgan fingerprint density at radius 3 is 2.90 bits per heavy atom. The summed E-state index contributed by atoms with van der Waals surface area (Å²) < 4.78 is 5.29. The number of halogens is 1. The normalized spacial score (nSPS) is 19.8. The molecule has 2 N–H and O–H groups in total. The molecule has 0 radical (unpaired) electrons. The van der Waals surface area contributed by atoms with Gasteiger partial charge in [0.05, 0.1) is 12.1 Å². The summed E-state index contributed by atoms with van der Waals surface area (Å²) in [4.78, 5) is 12.1. The van der Waals surface area contributed by atoms with Gasteiger partial charge in [0.15, 0.2) is 0 Å². The van der Waals surface area contributed by atoms with Crippen LogP contribution in [0.1, 0.15) is 37.9 Å². The number of hydrogen-bond donors (Lipinski definition) is 2. The first kappa shape index (κ1) is 17.0. The minimum Gasteiger partial charge on any atom is -0.377 e. The molecule has 2 rings (SSSR count). The Labute approximate surface area is 126 Å². The summed E-state index contributed by atoms with van der Waals surface area (Å²) in [6.45, 7) is 2.92. The van der Waals surface area contributed by atoms with Crippen LogP contribution in [-0.4, -0.2) is 25.6 Å². The van der Waals surface area contributed by atoms with Gasteiger partial charge in [-0.15, -0.1) is 12.4 Å². The van der Waals surface area contributed by atoms with Crippen LogP contribution in [0.2, 0.25) is 0 Å². The first-order valence-electron chi connectivity index (χ1n) is 6.87. The van der Waals surface area contributed by atoms with Gasteiger partial charge in [-0.1, -0.05) is 18.6 Å². The van der Waals surface area contributed by atoms with Gasteiger partial charge in [0.25, 0.3) is 0 Å². The molecule has 1 saturated heterocycles. The zero-order valence-electron chi connectivity index (χ0n) is 12.0. The van der Waals surface area contributed by atoms with E-state index in [4.69, 9.17) is 4.74 Å². The van der Waals surface area contributed by atoms with E-state index in [0.29, 0.717) is 0 Å². The highest BCUT2D eigenvalue weighted by molar-refractivity contribution is 5.94. The van der Waals surface area contributed by atoms with Crippen molar-refractivity contribution in [2.75, 3.05) is 19.0 Å². The van der Waals surface area contributed by atoms with Crippen LogP contribution >= 0.6 is 12.4 Å². The van der Waals surface area contributed by atoms with E-state index >= 15 is 0 Å². The van der Waals surface area contributed by atoms with Crippen molar-refractivity contribution in [2.45, 2.75) is 38.3 Å². The minimum absolute atomic E-state index is 0. The lowest BCUT2D eigenvalue weighted by molar-refractivity contribution is -0.118. The number of nitrogens with one attached hydrogen (secondary N) is 2. The smallest absolute Gasteiger partial charge is 0.241 e. The Morgan fingerprint density at radius 2 is 2.25 bits per heavy atom. The molecule has 1 aliphatic rings. The lowest BCUT2D eigenvalue weighted by Gasteiger charge is -2.22. The van der Waals surface area contributed by atoms with Crippen LogP contribution in [0.5, 0.6) is 0 Å². The van der Waals surface area contributed by atoms with Gasteiger partial charge in [0.1, 0.15) is 0 Å². The summed E-state index contributed by atoms with van der Waals surface area (Å²) in [7, 11) is 1.68. The Balaban J connectivity index is 0.00000200. The molecule has 1 aromatic carbocycles. The molecular formula is C15H23ClN2O2. The molecule has 0 bridgehead atoms. The third kappa shape index (κ3) is 4.47. The average Bonchev–Trinajstić information content (AvgIpc) is 2.47. The molecule has 0 saturated carbocycles. The van der Waals surface area contributed by atoms with Crippen molar-refractivity contribution in [3.63, 3.8) is 0 Å². The summed E-state index contributed by atoms with van der Waals surface area (Å²) in [5.74, 6) is 0.0573. The van der Waals surface area contributed by atoms with E-state index in [1.54, 1.807) is 7.11 Å². The van der Waals surface area contributed by atoms with Crippen LogP contribution in [0, 0.1) is 0 Å². The summed E-state index contributed by atoms with van der Waals surface area (Å²) in [5, 5.41) is 6.22. The first-order chi connectivity index (χ1) is 9.20. The number of methoxy groups -OCH3 is 1. The monoisotopic (exact) mass is 298 g/mol. The van der Waals surface area contributed by atoms with Gasteiger partial charge in [-0.25, -0.2) is 0 Å². The Bertz CT molecular complexity index is 434. The lowest BCUT2D eigenvalue weighted by Crippen LogP contribution is -2.43. The van der Waals surface area contributed by atoms with Crippen molar-refractivity contribution < 1.29 is 9.53 Å². The minimum atomic E-state index is -0.0581. The molecule has 20 heavy (non-hydrogen) atoms. The molecule has 2 unspecified atom stereocenters. The van der Waals surface area contributed by atoms with E-state index in [2.05, 4.69) is 10.6 Å². The molecule has 0 aromatic heterocycles. The predicted octanol–water partition coefficient (Wildman–Crippen LogP) is 2.90. The highest BCUT2D eigenvalue weighted by Crippen LogP contribution is 2.20. The molecule has 1 aromatic rings. The molecule has 0 spiro atoms. The van der Waals surface area contributed by atoms with Crippen LogP contribution in [0.25, 0.3) is 0 Å². The van der Waals surface area contributed by atoms with Crippen LogP contribution in [0.15, 0.2) is 24.3 Å². The molecule has 2 atom stereocenters. The maximum atomic E-state index is 12.1. The number of piperidine rings is 1. The second kappa shape index (κ2) is 8.25. The van der Waals surface area contributed by atoms with Crippen LogP contribution in [0.3, 0.4) is 0 Å². The van der Waals surface area contributed by atoms with Crippen molar-refractivity contribution in [1.29, 1.82) is 0 Å². The third-order valence-electron chi connectivity index (χ3n) is 3.60. The molecule has 0 aliphatic carbocycles. The number of carbonyl (C=O) groups is 1. The van der Waals surface area contributed by atoms with Crippen molar-refractivity contribution >= 4 is 24.0 Å². The van der Waals surface area contributed by atoms with Gasteiger partial charge in [0.2, 0.25) is 5.91 Å². The molecule has 1 fully saturated rings. The van der Waals surface area contributed by atoms with Gasteiger partial charge in [-0.05, 0) is 44.0 Å². The van der Waals surface area contributed by atoms with Crippen molar-refractivity contribution in [2.24, 2.45) is 0 Å². The highest BCUT2D eigenvalue weighted by atomic mass is 35.5. The predicted molar refractivity (Wildman–Crippen MR) is 83.4 cm³/mol. The SMILES string of the molecule is COC(C)c1cccc(NC(=O)C2CCCCN2)c1.Cl. The Morgan fingerprint density at radius 1 is 1.45 bits per heavy atom. The number of benzene rings is 1. The van der Waals surface area contributed by atoms with Crippen molar-refractivity contribution in [1.82, 2.24) is 5.32 Å².